The minimum Gasteiger partial charge on any atom is -0.493 e. The third-order valence-electron chi connectivity index (χ3n) is 3.72. The van der Waals surface area contributed by atoms with E-state index in [1.807, 2.05) is 13.8 Å². The Hall–Kier alpha value is -3.10. The minimum atomic E-state index is -0.291. The standard InChI is InChI=1S/C18H25N5O4/c1-12(2)10-20-18(25)14-11-23(22-21-14)9-8-19-17(24)13-6-5-7-15(26-3)16(13)27-4/h5-7,11-12H,8-10H2,1-4H3,(H,19,24)(H,20,25). The number of amides is 2. The molecule has 27 heavy (non-hydrogen) atoms. The van der Waals surface area contributed by atoms with Gasteiger partial charge in [0.1, 0.15) is 0 Å². The average Bonchev–Trinajstić information content (AvgIpc) is 3.14. The Balaban J connectivity index is 1.90. The van der Waals surface area contributed by atoms with E-state index in [-0.39, 0.29) is 17.5 Å². The molecule has 0 aliphatic rings. The van der Waals surface area contributed by atoms with E-state index in [0.717, 1.165) is 0 Å². The first-order chi connectivity index (χ1) is 13.0. The lowest BCUT2D eigenvalue weighted by molar-refractivity contribution is 0.0937. The molecule has 0 aliphatic carbocycles. The van der Waals surface area contributed by atoms with Gasteiger partial charge in [0.2, 0.25) is 0 Å². The first kappa shape index (κ1) is 20.2. The fourth-order valence-corrected chi connectivity index (χ4v) is 2.34. The SMILES string of the molecule is COc1cccc(C(=O)NCCn2cc(C(=O)NCC(C)C)nn2)c1OC. The van der Waals surface area contributed by atoms with Crippen molar-refractivity contribution in [2.75, 3.05) is 27.3 Å². The largest absolute Gasteiger partial charge is 0.493 e. The summed E-state index contributed by atoms with van der Waals surface area (Å²) >= 11 is 0. The summed E-state index contributed by atoms with van der Waals surface area (Å²) in [6.07, 6.45) is 1.55. The predicted molar refractivity (Wildman–Crippen MR) is 99.1 cm³/mol. The number of ether oxygens (including phenoxy) is 2. The van der Waals surface area contributed by atoms with Crippen molar-refractivity contribution in [2.24, 2.45) is 5.92 Å². The highest BCUT2D eigenvalue weighted by Crippen LogP contribution is 2.30. The van der Waals surface area contributed by atoms with Crippen LogP contribution in [0, 0.1) is 5.92 Å². The molecule has 2 amide bonds. The Morgan fingerprint density at radius 2 is 1.93 bits per heavy atom. The van der Waals surface area contributed by atoms with Crippen molar-refractivity contribution in [3.63, 3.8) is 0 Å². The van der Waals surface area contributed by atoms with Crippen LogP contribution in [-0.4, -0.2) is 54.1 Å². The van der Waals surface area contributed by atoms with Crippen molar-refractivity contribution >= 4 is 11.8 Å². The first-order valence-electron chi connectivity index (χ1n) is 8.63. The molecule has 2 aromatic rings. The molecule has 0 saturated heterocycles. The maximum absolute atomic E-state index is 12.4. The second kappa shape index (κ2) is 9.56. The van der Waals surface area contributed by atoms with Gasteiger partial charge in [-0.05, 0) is 18.1 Å². The molecule has 1 aromatic carbocycles. The summed E-state index contributed by atoms with van der Waals surface area (Å²) in [5, 5.41) is 13.3. The van der Waals surface area contributed by atoms with Crippen LogP contribution in [0.4, 0.5) is 0 Å². The molecule has 0 atom stereocenters. The number of para-hydroxylation sites is 1. The number of carbonyl (C=O) groups excluding carboxylic acids is 2. The van der Waals surface area contributed by atoms with E-state index in [9.17, 15) is 9.59 Å². The van der Waals surface area contributed by atoms with Gasteiger partial charge in [0.05, 0.1) is 32.5 Å². The quantitative estimate of drug-likeness (QED) is 0.680. The third-order valence-corrected chi connectivity index (χ3v) is 3.72. The van der Waals surface area contributed by atoms with E-state index in [1.54, 1.807) is 24.4 Å². The number of nitrogens with zero attached hydrogens (tertiary/aromatic N) is 3. The van der Waals surface area contributed by atoms with Crippen LogP contribution in [0.25, 0.3) is 0 Å². The van der Waals surface area contributed by atoms with E-state index in [0.29, 0.717) is 42.6 Å². The van der Waals surface area contributed by atoms with E-state index < -0.39 is 0 Å². The molecule has 0 bridgehead atoms. The summed E-state index contributed by atoms with van der Waals surface area (Å²) in [5.74, 6) is 0.662. The van der Waals surface area contributed by atoms with Crippen LogP contribution in [-0.2, 0) is 6.54 Å². The molecule has 1 aromatic heterocycles. The summed E-state index contributed by atoms with van der Waals surface area (Å²) in [6.45, 7) is 5.29. The van der Waals surface area contributed by atoms with Crippen LogP contribution in [0.15, 0.2) is 24.4 Å². The van der Waals surface area contributed by atoms with Crippen molar-refractivity contribution in [3.05, 3.63) is 35.7 Å². The highest BCUT2D eigenvalue weighted by atomic mass is 16.5. The Kier molecular flexibility index (Phi) is 7.16. The van der Waals surface area contributed by atoms with Gasteiger partial charge in [-0.2, -0.15) is 0 Å². The van der Waals surface area contributed by atoms with Gasteiger partial charge < -0.3 is 20.1 Å². The van der Waals surface area contributed by atoms with Crippen molar-refractivity contribution in [2.45, 2.75) is 20.4 Å². The van der Waals surface area contributed by atoms with Crippen molar-refractivity contribution in [1.82, 2.24) is 25.6 Å². The zero-order valence-electron chi connectivity index (χ0n) is 16.0. The van der Waals surface area contributed by atoms with Gasteiger partial charge in [-0.1, -0.05) is 25.1 Å². The molecule has 0 aliphatic heterocycles. The maximum Gasteiger partial charge on any atom is 0.273 e. The smallest absolute Gasteiger partial charge is 0.273 e. The number of hydrogen-bond donors (Lipinski definition) is 2. The number of nitrogens with one attached hydrogen (secondary N) is 2. The number of rotatable bonds is 9. The molecule has 2 rings (SSSR count). The normalized spacial score (nSPS) is 10.6. The molecule has 146 valence electrons. The first-order valence-corrected chi connectivity index (χ1v) is 8.63. The van der Waals surface area contributed by atoms with Gasteiger partial charge >= 0.3 is 0 Å². The van der Waals surface area contributed by atoms with Crippen LogP contribution in [0.1, 0.15) is 34.7 Å². The highest BCUT2D eigenvalue weighted by molar-refractivity contribution is 5.97. The van der Waals surface area contributed by atoms with Crippen molar-refractivity contribution in [3.8, 4) is 11.5 Å². The molecule has 2 N–H and O–H groups in total. The highest BCUT2D eigenvalue weighted by Gasteiger charge is 2.16. The lowest BCUT2D eigenvalue weighted by Crippen LogP contribution is -2.28. The Morgan fingerprint density at radius 1 is 1.15 bits per heavy atom. The summed E-state index contributed by atoms with van der Waals surface area (Å²) in [7, 11) is 3.00. The Labute approximate surface area is 158 Å². The third kappa shape index (κ3) is 5.44. The number of aromatic nitrogens is 3. The van der Waals surface area contributed by atoms with Gasteiger partial charge in [0.15, 0.2) is 17.2 Å². The fraction of sp³-hybridized carbons (Fsp3) is 0.444. The zero-order chi connectivity index (χ0) is 19.8. The molecular weight excluding hydrogens is 350 g/mol. The summed E-state index contributed by atoms with van der Waals surface area (Å²) < 4.78 is 12.0. The molecule has 9 heteroatoms. The Bertz CT molecular complexity index is 788. The monoisotopic (exact) mass is 375 g/mol. The number of hydrogen-bond acceptors (Lipinski definition) is 6. The molecule has 9 nitrogen and oxygen atoms in total. The minimum absolute atomic E-state index is 0.247. The topological polar surface area (TPSA) is 107 Å². The molecule has 1 heterocycles. The van der Waals surface area contributed by atoms with Crippen molar-refractivity contribution in [1.29, 1.82) is 0 Å². The second-order valence-corrected chi connectivity index (χ2v) is 6.27. The maximum atomic E-state index is 12.4. The molecule has 0 fully saturated rings. The Morgan fingerprint density at radius 3 is 2.59 bits per heavy atom. The van der Waals surface area contributed by atoms with Gasteiger partial charge in [0, 0.05) is 13.1 Å². The van der Waals surface area contributed by atoms with Gasteiger partial charge in [-0.3, -0.25) is 9.59 Å². The molecular formula is C18H25N5O4. The van der Waals surface area contributed by atoms with Crippen LogP contribution in [0.3, 0.4) is 0 Å². The van der Waals surface area contributed by atoms with E-state index in [4.69, 9.17) is 9.47 Å². The molecule has 0 unspecified atom stereocenters. The average molecular weight is 375 g/mol. The van der Waals surface area contributed by atoms with E-state index in [1.165, 1.54) is 18.9 Å². The number of benzene rings is 1. The number of carbonyl (C=O) groups is 2. The predicted octanol–water partition coefficient (Wildman–Crippen LogP) is 1.11. The van der Waals surface area contributed by atoms with Crippen LogP contribution >= 0.6 is 0 Å². The van der Waals surface area contributed by atoms with Gasteiger partial charge in [-0.15, -0.1) is 5.10 Å². The molecule has 0 radical (unpaired) electrons. The fourth-order valence-electron chi connectivity index (χ4n) is 2.34. The summed E-state index contributed by atoms with van der Waals surface area (Å²) in [5.41, 5.74) is 0.626. The van der Waals surface area contributed by atoms with Crippen LogP contribution in [0.5, 0.6) is 11.5 Å². The second-order valence-electron chi connectivity index (χ2n) is 6.27. The van der Waals surface area contributed by atoms with E-state index >= 15 is 0 Å². The van der Waals surface area contributed by atoms with Crippen LogP contribution in [0.2, 0.25) is 0 Å². The van der Waals surface area contributed by atoms with Crippen molar-refractivity contribution < 1.29 is 19.1 Å². The molecule has 0 spiro atoms. The lowest BCUT2D eigenvalue weighted by atomic mass is 10.1. The van der Waals surface area contributed by atoms with E-state index in [2.05, 4.69) is 20.9 Å². The zero-order valence-corrected chi connectivity index (χ0v) is 16.0. The number of methoxy groups -OCH3 is 2. The van der Waals surface area contributed by atoms with Gasteiger partial charge in [-0.25, -0.2) is 4.68 Å². The summed E-state index contributed by atoms with van der Waals surface area (Å²) in [6, 6.07) is 5.09. The lowest BCUT2D eigenvalue weighted by Gasteiger charge is -2.12. The summed E-state index contributed by atoms with van der Waals surface area (Å²) in [4.78, 5) is 24.3. The van der Waals surface area contributed by atoms with Gasteiger partial charge in [0.25, 0.3) is 11.8 Å². The van der Waals surface area contributed by atoms with Crippen LogP contribution < -0.4 is 20.1 Å². The molecule has 0 saturated carbocycles.